The lowest BCUT2D eigenvalue weighted by Crippen LogP contribution is -2.30. The molecule has 0 heterocycles. The van der Waals surface area contributed by atoms with E-state index in [0.29, 0.717) is 5.57 Å². The lowest BCUT2D eigenvalue weighted by Gasteiger charge is -2.13. The van der Waals surface area contributed by atoms with Gasteiger partial charge in [-0.2, -0.15) is 0 Å². The average Bonchev–Trinajstić information content (AvgIpc) is 2.57. The maximum absolute atomic E-state index is 12.1. The van der Waals surface area contributed by atoms with E-state index >= 15 is 0 Å². The highest BCUT2D eigenvalue weighted by atomic mass is 16.5. The third-order valence-corrected chi connectivity index (χ3v) is 4.16. The summed E-state index contributed by atoms with van der Waals surface area (Å²) in [4.78, 5) is 12.1. The predicted molar refractivity (Wildman–Crippen MR) is 105 cm³/mol. The summed E-state index contributed by atoms with van der Waals surface area (Å²) in [6.45, 7) is 9.95. The molecular weight excluding hydrogens is 310 g/mol. The van der Waals surface area contributed by atoms with Crippen LogP contribution in [0.15, 0.2) is 42.0 Å². The number of carbonyl (C=O) groups is 1. The number of aryl methyl sites for hydroxylation is 2. The number of hydrogen-bond acceptors (Lipinski definition) is 2. The Morgan fingerprint density at radius 2 is 1.72 bits per heavy atom. The molecule has 25 heavy (non-hydrogen) atoms. The lowest BCUT2D eigenvalue weighted by molar-refractivity contribution is -0.117. The zero-order chi connectivity index (χ0) is 18.6. The lowest BCUT2D eigenvalue weighted by atomic mass is 9.94. The van der Waals surface area contributed by atoms with Crippen LogP contribution in [0.4, 0.5) is 0 Å². The van der Waals surface area contributed by atoms with Crippen LogP contribution in [0.1, 0.15) is 37.5 Å². The van der Waals surface area contributed by atoms with Gasteiger partial charge in [-0.05, 0) is 80.6 Å². The van der Waals surface area contributed by atoms with E-state index in [9.17, 15) is 4.79 Å². The number of carbonyl (C=O) groups excluding carboxylic acids is 1. The van der Waals surface area contributed by atoms with Crippen LogP contribution in [-0.2, 0) is 4.79 Å². The van der Waals surface area contributed by atoms with Crippen LogP contribution in [0.5, 0.6) is 5.75 Å². The van der Waals surface area contributed by atoms with Gasteiger partial charge >= 0.3 is 0 Å². The minimum absolute atomic E-state index is 0.0220. The Morgan fingerprint density at radius 3 is 2.28 bits per heavy atom. The van der Waals surface area contributed by atoms with Gasteiger partial charge in [-0.15, -0.1) is 0 Å². The Bertz CT molecular complexity index is 786. The Labute approximate surface area is 150 Å². The van der Waals surface area contributed by atoms with Crippen LogP contribution in [0.3, 0.4) is 0 Å². The molecular formula is C22H27NO2. The van der Waals surface area contributed by atoms with Gasteiger partial charge in [-0.3, -0.25) is 4.79 Å². The number of benzene rings is 2. The largest absolute Gasteiger partial charge is 0.497 e. The zero-order valence-electron chi connectivity index (χ0n) is 15.9. The molecule has 2 rings (SSSR count). The van der Waals surface area contributed by atoms with Crippen molar-refractivity contribution in [3.8, 4) is 16.9 Å². The van der Waals surface area contributed by atoms with Crippen molar-refractivity contribution in [1.29, 1.82) is 0 Å². The highest BCUT2D eigenvalue weighted by molar-refractivity contribution is 5.97. The zero-order valence-corrected chi connectivity index (χ0v) is 15.9. The van der Waals surface area contributed by atoms with Crippen LogP contribution >= 0.6 is 0 Å². The van der Waals surface area contributed by atoms with Crippen molar-refractivity contribution in [2.75, 3.05) is 7.11 Å². The van der Waals surface area contributed by atoms with Gasteiger partial charge in [0.15, 0.2) is 0 Å². The number of hydrogen-bond donors (Lipinski definition) is 1. The number of rotatable bonds is 5. The summed E-state index contributed by atoms with van der Waals surface area (Å²) in [5, 5.41) is 2.93. The molecule has 0 unspecified atom stereocenters. The number of nitrogens with one attached hydrogen (secondary N) is 1. The number of ether oxygens (including phenoxy) is 1. The highest BCUT2D eigenvalue weighted by Crippen LogP contribution is 2.29. The quantitative estimate of drug-likeness (QED) is 0.788. The van der Waals surface area contributed by atoms with Gasteiger partial charge in [0.2, 0.25) is 5.91 Å². The normalized spacial score (nSPS) is 11.6. The highest BCUT2D eigenvalue weighted by Gasteiger charge is 2.09. The van der Waals surface area contributed by atoms with Gasteiger partial charge in [0.25, 0.3) is 0 Å². The second-order valence-corrected chi connectivity index (χ2v) is 6.71. The van der Waals surface area contributed by atoms with E-state index in [4.69, 9.17) is 4.74 Å². The predicted octanol–water partition coefficient (Wildman–Crippen LogP) is 4.91. The minimum atomic E-state index is -0.0220. The Hall–Kier alpha value is -2.55. The Morgan fingerprint density at radius 1 is 1.08 bits per heavy atom. The first-order valence-corrected chi connectivity index (χ1v) is 8.56. The van der Waals surface area contributed by atoms with Gasteiger partial charge in [-0.25, -0.2) is 0 Å². The van der Waals surface area contributed by atoms with E-state index in [-0.39, 0.29) is 11.9 Å². The number of methoxy groups -OCH3 is 1. The summed E-state index contributed by atoms with van der Waals surface area (Å²) in [6.07, 6.45) is 1.96. The summed E-state index contributed by atoms with van der Waals surface area (Å²) in [7, 11) is 1.67. The molecule has 0 atom stereocenters. The standard InChI is InChI=1S/C22H27NO2/c1-14(2)23-22(24)17(5)12-19-11-16(4)21(13-15(19)3)18-7-9-20(25-6)10-8-18/h7-14H,1-6H3,(H,23,24). The monoisotopic (exact) mass is 337 g/mol. The van der Waals surface area contributed by atoms with E-state index in [0.717, 1.165) is 22.4 Å². The molecule has 0 bridgehead atoms. The minimum Gasteiger partial charge on any atom is -0.497 e. The number of amides is 1. The topological polar surface area (TPSA) is 38.3 Å². The molecule has 3 nitrogen and oxygen atoms in total. The van der Waals surface area contributed by atoms with Crippen LogP contribution in [0.25, 0.3) is 17.2 Å². The summed E-state index contributed by atoms with van der Waals surface area (Å²) in [5.74, 6) is 0.829. The van der Waals surface area contributed by atoms with E-state index in [1.54, 1.807) is 7.11 Å². The maximum Gasteiger partial charge on any atom is 0.247 e. The fourth-order valence-corrected chi connectivity index (χ4v) is 2.75. The smallest absolute Gasteiger partial charge is 0.247 e. The van der Waals surface area contributed by atoms with Gasteiger partial charge in [0.05, 0.1) is 7.11 Å². The maximum atomic E-state index is 12.1. The summed E-state index contributed by atoms with van der Waals surface area (Å²) in [5.41, 5.74) is 6.47. The molecule has 0 saturated heterocycles. The van der Waals surface area contributed by atoms with Crippen LogP contribution < -0.4 is 10.1 Å². The molecule has 0 aliphatic heterocycles. The molecule has 0 radical (unpaired) electrons. The van der Waals surface area contributed by atoms with Gasteiger partial charge < -0.3 is 10.1 Å². The van der Waals surface area contributed by atoms with E-state index < -0.39 is 0 Å². The van der Waals surface area contributed by atoms with Crippen LogP contribution in [0.2, 0.25) is 0 Å². The summed E-state index contributed by atoms with van der Waals surface area (Å²) < 4.78 is 5.23. The third-order valence-electron chi connectivity index (χ3n) is 4.16. The first kappa shape index (κ1) is 18.8. The van der Waals surface area contributed by atoms with Crippen molar-refractivity contribution in [3.05, 3.63) is 58.7 Å². The molecule has 0 aliphatic carbocycles. The van der Waals surface area contributed by atoms with E-state index in [1.165, 1.54) is 11.1 Å². The third kappa shape index (κ3) is 4.72. The molecule has 0 saturated carbocycles. The molecule has 0 spiro atoms. The molecule has 1 amide bonds. The van der Waals surface area contributed by atoms with Crippen molar-refractivity contribution in [1.82, 2.24) is 5.32 Å². The van der Waals surface area contributed by atoms with Crippen molar-refractivity contribution in [2.24, 2.45) is 0 Å². The fourth-order valence-electron chi connectivity index (χ4n) is 2.75. The fraction of sp³-hybridized carbons (Fsp3) is 0.318. The van der Waals surface area contributed by atoms with Gasteiger partial charge in [-0.1, -0.05) is 24.3 Å². The second kappa shape index (κ2) is 8.02. The Balaban J connectivity index is 2.34. The summed E-state index contributed by atoms with van der Waals surface area (Å²) in [6, 6.07) is 12.5. The molecule has 0 aliphatic rings. The van der Waals surface area contributed by atoms with Crippen molar-refractivity contribution >= 4 is 12.0 Å². The molecule has 0 fully saturated rings. The SMILES string of the molecule is COc1ccc(-c2cc(C)c(C=C(C)C(=O)NC(C)C)cc2C)cc1. The molecule has 132 valence electrons. The second-order valence-electron chi connectivity index (χ2n) is 6.71. The van der Waals surface area contributed by atoms with Crippen LogP contribution in [-0.4, -0.2) is 19.1 Å². The molecule has 0 aromatic heterocycles. The van der Waals surface area contributed by atoms with Crippen molar-refractivity contribution in [2.45, 2.75) is 40.7 Å². The average molecular weight is 337 g/mol. The van der Waals surface area contributed by atoms with E-state index in [2.05, 4.69) is 43.4 Å². The molecule has 3 heteroatoms. The van der Waals surface area contributed by atoms with E-state index in [1.807, 2.05) is 39.0 Å². The van der Waals surface area contributed by atoms with Crippen LogP contribution in [0, 0.1) is 13.8 Å². The molecule has 1 N–H and O–H groups in total. The van der Waals surface area contributed by atoms with Crippen molar-refractivity contribution in [3.63, 3.8) is 0 Å². The summed E-state index contributed by atoms with van der Waals surface area (Å²) >= 11 is 0. The molecule has 2 aromatic rings. The Kier molecular flexibility index (Phi) is 6.02. The van der Waals surface area contributed by atoms with Gasteiger partial charge in [0.1, 0.15) is 5.75 Å². The molecule has 2 aromatic carbocycles. The van der Waals surface area contributed by atoms with Crippen molar-refractivity contribution < 1.29 is 9.53 Å². The first-order valence-electron chi connectivity index (χ1n) is 8.56. The first-order chi connectivity index (χ1) is 11.8. The van der Waals surface area contributed by atoms with Gasteiger partial charge in [0, 0.05) is 11.6 Å².